The molecule has 0 aliphatic heterocycles. The van der Waals surface area contributed by atoms with Gasteiger partial charge in [-0.25, -0.2) is 8.42 Å². The molecule has 11 heteroatoms. The van der Waals surface area contributed by atoms with Crippen molar-refractivity contribution in [2.75, 3.05) is 24.0 Å². The van der Waals surface area contributed by atoms with Gasteiger partial charge in [-0.2, -0.15) is 0 Å². The van der Waals surface area contributed by atoms with Crippen molar-refractivity contribution in [1.82, 2.24) is 10.2 Å². The van der Waals surface area contributed by atoms with Crippen LogP contribution in [-0.2, 0) is 32.6 Å². The number of nitrogens with one attached hydrogen (secondary N) is 1. The van der Waals surface area contributed by atoms with E-state index in [2.05, 4.69) is 5.32 Å². The number of unbranched alkanes of at least 4 members (excludes halogenated alkanes) is 1. The molecule has 0 saturated heterocycles. The van der Waals surface area contributed by atoms with Gasteiger partial charge in [-0.3, -0.25) is 13.9 Å². The number of carbonyl (C=O) groups is 2. The summed E-state index contributed by atoms with van der Waals surface area (Å²) in [7, 11) is -4.27. The fraction of sp³-hybridized carbons (Fsp3) is 0.278. The lowest BCUT2D eigenvalue weighted by atomic mass is 10.0. The molecule has 0 saturated carbocycles. The quantitative estimate of drug-likeness (QED) is 0.126. The number of ether oxygens (including phenoxy) is 1. The molecule has 0 bridgehead atoms. The number of hydrogen-bond donors (Lipinski definition) is 1. The van der Waals surface area contributed by atoms with E-state index in [1.54, 1.807) is 48.5 Å². The van der Waals surface area contributed by atoms with Crippen molar-refractivity contribution in [2.45, 2.75) is 50.6 Å². The maximum atomic E-state index is 14.6. The fourth-order valence-corrected chi connectivity index (χ4v) is 6.74. The molecule has 0 fully saturated rings. The number of rotatable bonds is 16. The van der Waals surface area contributed by atoms with Crippen LogP contribution in [0.25, 0.3) is 0 Å². The van der Waals surface area contributed by atoms with E-state index in [0.717, 1.165) is 22.7 Å². The van der Waals surface area contributed by atoms with E-state index in [1.807, 2.05) is 44.2 Å². The van der Waals surface area contributed by atoms with Crippen molar-refractivity contribution < 1.29 is 22.7 Å². The summed E-state index contributed by atoms with van der Waals surface area (Å²) < 4.78 is 35.0. The molecule has 1 unspecified atom stereocenters. The van der Waals surface area contributed by atoms with Gasteiger partial charge >= 0.3 is 0 Å². The zero-order valence-electron chi connectivity index (χ0n) is 26.4. The summed E-state index contributed by atoms with van der Waals surface area (Å²) in [4.78, 5) is 29.8. The Bertz CT molecular complexity index is 1720. The molecule has 4 aromatic rings. The van der Waals surface area contributed by atoms with Gasteiger partial charge in [0.05, 0.1) is 17.2 Å². The van der Waals surface area contributed by atoms with Gasteiger partial charge in [0.1, 0.15) is 18.3 Å². The third kappa shape index (κ3) is 9.73. The first-order valence-electron chi connectivity index (χ1n) is 15.5. The second-order valence-electron chi connectivity index (χ2n) is 10.9. The van der Waals surface area contributed by atoms with Crippen LogP contribution in [0.1, 0.15) is 37.8 Å². The lowest BCUT2D eigenvalue weighted by Crippen LogP contribution is -2.53. The molecule has 0 aliphatic carbocycles. The van der Waals surface area contributed by atoms with Crippen LogP contribution < -0.4 is 14.4 Å². The highest BCUT2D eigenvalue weighted by molar-refractivity contribution is 7.92. The largest absolute Gasteiger partial charge is 0.494 e. The molecule has 4 aromatic carbocycles. The first kappa shape index (κ1) is 35.8. The van der Waals surface area contributed by atoms with E-state index in [1.165, 1.54) is 29.2 Å². The van der Waals surface area contributed by atoms with E-state index in [4.69, 9.17) is 27.9 Å². The van der Waals surface area contributed by atoms with Gasteiger partial charge in [-0.15, -0.1) is 0 Å². The van der Waals surface area contributed by atoms with Crippen LogP contribution in [0.3, 0.4) is 0 Å². The second-order valence-corrected chi connectivity index (χ2v) is 13.6. The van der Waals surface area contributed by atoms with Gasteiger partial charge in [0.2, 0.25) is 11.8 Å². The minimum Gasteiger partial charge on any atom is -0.494 e. The summed E-state index contributed by atoms with van der Waals surface area (Å²) in [6.45, 7) is 4.15. The number of halogens is 2. The third-order valence-corrected chi connectivity index (χ3v) is 9.92. The predicted octanol–water partition coefficient (Wildman–Crippen LogP) is 7.14. The highest BCUT2D eigenvalue weighted by Gasteiger charge is 2.35. The van der Waals surface area contributed by atoms with Crippen molar-refractivity contribution in [3.8, 4) is 5.75 Å². The van der Waals surface area contributed by atoms with Crippen molar-refractivity contribution >= 4 is 50.7 Å². The average Bonchev–Trinajstić information content (AvgIpc) is 3.07. The van der Waals surface area contributed by atoms with Gasteiger partial charge in [0.25, 0.3) is 10.0 Å². The summed E-state index contributed by atoms with van der Waals surface area (Å²) in [5.74, 6) is -0.364. The molecule has 1 atom stereocenters. The Morgan fingerprint density at radius 1 is 0.851 bits per heavy atom. The molecular formula is C36H39Cl2N3O5S. The molecule has 8 nitrogen and oxygen atoms in total. The molecule has 248 valence electrons. The van der Waals surface area contributed by atoms with Gasteiger partial charge < -0.3 is 15.0 Å². The first-order valence-corrected chi connectivity index (χ1v) is 17.7. The van der Waals surface area contributed by atoms with Crippen LogP contribution in [0, 0.1) is 0 Å². The Morgan fingerprint density at radius 3 is 2.15 bits per heavy atom. The summed E-state index contributed by atoms with van der Waals surface area (Å²) in [6.07, 6.45) is 1.86. The molecule has 0 radical (unpaired) electrons. The van der Waals surface area contributed by atoms with Crippen LogP contribution >= 0.6 is 23.2 Å². The van der Waals surface area contributed by atoms with Gasteiger partial charge in [-0.1, -0.05) is 85.1 Å². The summed E-state index contributed by atoms with van der Waals surface area (Å²) in [5.41, 5.74) is 1.72. The van der Waals surface area contributed by atoms with Crippen molar-refractivity contribution in [3.05, 3.63) is 124 Å². The van der Waals surface area contributed by atoms with Crippen LogP contribution in [0.2, 0.25) is 10.0 Å². The van der Waals surface area contributed by atoms with Crippen molar-refractivity contribution in [3.63, 3.8) is 0 Å². The smallest absolute Gasteiger partial charge is 0.264 e. The summed E-state index contributed by atoms with van der Waals surface area (Å²) in [5, 5.41) is 3.78. The normalized spacial score (nSPS) is 11.8. The lowest BCUT2D eigenvalue weighted by molar-refractivity contribution is -0.140. The molecule has 0 aromatic heterocycles. The number of anilines is 1. The minimum absolute atomic E-state index is 0.0185. The Hall–Kier alpha value is -4.05. The first-order chi connectivity index (χ1) is 22.6. The number of benzene rings is 4. The van der Waals surface area contributed by atoms with Crippen LogP contribution in [0.5, 0.6) is 5.75 Å². The zero-order valence-corrected chi connectivity index (χ0v) is 28.8. The molecule has 4 rings (SSSR count). The van der Waals surface area contributed by atoms with E-state index < -0.39 is 28.5 Å². The predicted molar refractivity (Wildman–Crippen MR) is 187 cm³/mol. The van der Waals surface area contributed by atoms with Gasteiger partial charge in [0.15, 0.2) is 0 Å². The number of carbonyl (C=O) groups excluding carboxylic acids is 2. The van der Waals surface area contributed by atoms with E-state index in [-0.39, 0.29) is 29.5 Å². The summed E-state index contributed by atoms with van der Waals surface area (Å²) >= 11 is 12.6. The highest BCUT2D eigenvalue weighted by atomic mass is 35.5. The third-order valence-electron chi connectivity index (χ3n) is 7.52. The highest BCUT2D eigenvalue weighted by Crippen LogP contribution is 2.28. The number of hydrogen-bond acceptors (Lipinski definition) is 5. The number of sulfonamides is 1. The van der Waals surface area contributed by atoms with Gasteiger partial charge in [-0.05, 0) is 79.1 Å². The van der Waals surface area contributed by atoms with E-state index >= 15 is 0 Å². The molecule has 2 amide bonds. The SMILES string of the molecule is CCCCNC(=O)C(Cc1ccccc1)N(Cc1ccccc1Cl)C(=O)CN(c1ccc(OCC)cc1)S(=O)(=O)c1ccc(Cl)cc1. The minimum atomic E-state index is -4.27. The zero-order chi connectivity index (χ0) is 33.8. The second kappa shape index (κ2) is 17.2. The maximum Gasteiger partial charge on any atom is 0.264 e. The lowest BCUT2D eigenvalue weighted by Gasteiger charge is -2.34. The van der Waals surface area contributed by atoms with E-state index in [9.17, 15) is 18.0 Å². The molecule has 0 heterocycles. The Labute approximate surface area is 287 Å². The Kier molecular flexibility index (Phi) is 13.1. The van der Waals surface area contributed by atoms with Gasteiger partial charge in [0, 0.05) is 29.6 Å². The number of amides is 2. The average molecular weight is 697 g/mol. The molecule has 47 heavy (non-hydrogen) atoms. The summed E-state index contributed by atoms with van der Waals surface area (Å²) in [6, 6.07) is 27.7. The van der Waals surface area contributed by atoms with Crippen LogP contribution in [-0.4, -0.2) is 50.9 Å². The van der Waals surface area contributed by atoms with Crippen molar-refractivity contribution in [2.24, 2.45) is 0 Å². The number of nitrogens with zero attached hydrogens (tertiary/aromatic N) is 2. The monoisotopic (exact) mass is 695 g/mol. The van der Waals surface area contributed by atoms with Crippen LogP contribution in [0.15, 0.2) is 108 Å². The molecule has 1 N–H and O–H groups in total. The van der Waals surface area contributed by atoms with E-state index in [0.29, 0.717) is 34.5 Å². The molecule has 0 spiro atoms. The topological polar surface area (TPSA) is 96.0 Å². The van der Waals surface area contributed by atoms with Crippen LogP contribution in [0.4, 0.5) is 5.69 Å². The molecule has 0 aliphatic rings. The maximum absolute atomic E-state index is 14.6. The molecular weight excluding hydrogens is 657 g/mol. The standard InChI is InChI=1S/C36H39Cl2N3O5S/c1-3-5-23-39-36(43)34(24-27-11-7-6-8-12-27)40(25-28-13-9-10-14-33(28)38)35(42)26-41(30-17-19-31(20-18-30)46-4-2)47(44,45)32-21-15-29(37)16-22-32/h6-22,34H,3-5,23-26H2,1-2H3,(H,39,43). The fourth-order valence-electron chi connectivity index (χ4n) is 5.01. The van der Waals surface area contributed by atoms with Crippen molar-refractivity contribution in [1.29, 1.82) is 0 Å². The Balaban J connectivity index is 1.80. The Morgan fingerprint density at radius 2 is 1.51 bits per heavy atom.